The van der Waals surface area contributed by atoms with Crippen molar-refractivity contribution in [2.24, 2.45) is 7.05 Å². The number of hydrogen-bond acceptors (Lipinski definition) is 2. The molecule has 0 saturated carbocycles. The quantitative estimate of drug-likeness (QED) is 0.424. The van der Waals surface area contributed by atoms with Gasteiger partial charge in [0.1, 0.15) is 0 Å². The number of rotatable bonds is 0. The van der Waals surface area contributed by atoms with Crippen molar-refractivity contribution in [2.75, 3.05) is 0 Å². The van der Waals surface area contributed by atoms with E-state index in [0.29, 0.717) is 0 Å². The minimum Gasteiger partial charge on any atom is -0.236 e. The fourth-order valence-electron chi connectivity index (χ4n) is 0.0333. The van der Waals surface area contributed by atoms with Crippen LogP contribution in [0.1, 0.15) is 0 Å². The van der Waals surface area contributed by atoms with E-state index in [-0.39, 0.29) is 0 Å². The molecule has 0 bridgehead atoms. The number of aryl methyl sites for hydroxylation is 1. The van der Waals surface area contributed by atoms with Gasteiger partial charge in [-0.2, -0.15) is 0 Å². The van der Waals surface area contributed by atoms with Crippen LogP contribution in [0.15, 0.2) is 0 Å². The van der Waals surface area contributed by atoms with Crippen molar-refractivity contribution in [3.05, 3.63) is 0 Å². The first-order valence-corrected chi connectivity index (χ1v) is 3.04. The summed E-state index contributed by atoms with van der Waals surface area (Å²) in [6, 6.07) is 0. The number of nitrogens with zero attached hydrogens (tertiary/aromatic N) is 1. The summed E-state index contributed by atoms with van der Waals surface area (Å²) in [4.78, 5) is 0. The molecule has 0 fully saturated rings. The maximum Gasteiger partial charge on any atom is 0.0344 e. The van der Waals surface area contributed by atoms with Crippen LogP contribution >= 0.6 is 21.1 Å². The minimum atomic E-state index is 1.77. The molecule has 0 amide bonds. The molecule has 0 N–H and O–H groups in total. The Kier molecular flexibility index (Phi) is 0.366. The molecule has 0 aliphatic heterocycles. The molecule has 1 aromatic rings. The molecule has 1 rings (SSSR count). The SMILES string of the molecule is Cn1ss1. The van der Waals surface area contributed by atoms with Gasteiger partial charge in [-0.15, -0.1) is 0 Å². The normalized spacial score (nSPS) is 9.25. The van der Waals surface area contributed by atoms with E-state index in [0.717, 1.165) is 0 Å². The van der Waals surface area contributed by atoms with E-state index in [4.69, 9.17) is 0 Å². The highest BCUT2D eigenvalue weighted by atomic mass is 33.0. The van der Waals surface area contributed by atoms with Crippen molar-refractivity contribution in [3.63, 3.8) is 0 Å². The van der Waals surface area contributed by atoms with Crippen LogP contribution in [0.5, 0.6) is 0 Å². The summed E-state index contributed by atoms with van der Waals surface area (Å²) in [5, 5.41) is 0. The zero-order valence-corrected chi connectivity index (χ0v) is 3.90. The van der Waals surface area contributed by atoms with Crippen LogP contribution in [0.4, 0.5) is 0 Å². The van der Waals surface area contributed by atoms with Gasteiger partial charge in [0.2, 0.25) is 0 Å². The third-order valence-electron chi connectivity index (χ3n) is 0.224. The van der Waals surface area contributed by atoms with Gasteiger partial charge in [0.05, 0.1) is 0 Å². The fourth-order valence-corrected chi connectivity index (χ4v) is 0.300. The molecule has 1 aromatic heterocycles. The number of hydrogen-bond donors (Lipinski definition) is 0. The largest absolute Gasteiger partial charge is 0.236 e. The second-order valence-electron chi connectivity index (χ2n) is 0.589. The molecule has 4 heavy (non-hydrogen) atoms. The monoisotopic (exact) mass is 93.0 g/mol. The zero-order chi connectivity index (χ0) is 2.99. The fraction of sp³-hybridized carbons (Fsp3) is 1.00. The predicted molar refractivity (Wildman–Crippen MR) is 21.2 cm³/mol. The molecule has 0 aromatic carbocycles. The van der Waals surface area contributed by atoms with Crippen LogP contribution in [-0.4, -0.2) is 3.35 Å². The van der Waals surface area contributed by atoms with E-state index in [1.54, 1.807) is 21.1 Å². The van der Waals surface area contributed by atoms with E-state index in [1.165, 1.54) is 0 Å². The zero-order valence-electron chi connectivity index (χ0n) is 2.26. The van der Waals surface area contributed by atoms with Gasteiger partial charge < -0.3 is 0 Å². The Balaban J connectivity index is 2.81. The highest BCUT2D eigenvalue weighted by molar-refractivity contribution is 7.76. The Morgan fingerprint density at radius 3 is 1.75 bits per heavy atom. The third kappa shape index (κ3) is 0.328. The van der Waals surface area contributed by atoms with Gasteiger partial charge in [-0.3, -0.25) is 0 Å². The smallest absolute Gasteiger partial charge is 0.0344 e. The molecule has 0 aliphatic rings. The number of aromatic nitrogens is 1. The molecule has 24 valence electrons. The summed E-state index contributed by atoms with van der Waals surface area (Å²) in [7, 11) is 5.58. The molecule has 0 spiro atoms. The van der Waals surface area contributed by atoms with E-state index in [2.05, 4.69) is 3.35 Å². The Morgan fingerprint density at radius 2 is 1.75 bits per heavy atom. The first-order valence-electron chi connectivity index (χ1n) is 0.979. The van der Waals surface area contributed by atoms with Crippen molar-refractivity contribution in [3.8, 4) is 0 Å². The van der Waals surface area contributed by atoms with Crippen LogP contribution in [-0.2, 0) is 7.05 Å². The summed E-state index contributed by atoms with van der Waals surface area (Å²) < 4.78 is 2.08. The van der Waals surface area contributed by atoms with Crippen molar-refractivity contribution in [1.82, 2.24) is 3.35 Å². The molecule has 1 nitrogen and oxygen atoms in total. The second-order valence-corrected chi connectivity index (χ2v) is 3.11. The topological polar surface area (TPSA) is 4.93 Å². The van der Waals surface area contributed by atoms with Crippen molar-refractivity contribution < 1.29 is 0 Å². The molecular formula is CH3NS2. The van der Waals surface area contributed by atoms with Crippen LogP contribution in [0.25, 0.3) is 0 Å². The van der Waals surface area contributed by atoms with Gasteiger partial charge >= 0.3 is 0 Å². The first-order chi connectivity index (χ1) is 1.89. The lowest BCUT2D eigenvalue weighted by Gasteiger charge is -1.47. The van der Waals surface area contributed by atoms with Gasteiger partial charge in [0.25, 0.3) is 0 Å². The van der Waals surface area contributed by atoms with Crippen LogP contribution < -0.4 is 0 Å². The maximum atomic E-state index is 2.08. The Bertz CT molecular complexity index is 64.6. The van der Waals surface area contributed by atoms with E-state index in [1.807, 2.05) is 7.05 Å². The van der Waals surface area contributed by atoms with Crippen LogP contribution in [0.2, 0.25) is 0 Å². The maximum absolute atomic E-state index is 2.08. The van der Waals surface area contributed by atoms with Crippen molar-refractivity contribution in [2.45, 2.75) is 0 Å². The highest BCUT2D eigenvalue weighted by Crippen LogP contribution is 2.11. The predicted octanol–water partition coefficient (Wildman–Crippen LogP) is 1.15. The van der Waals surface area contributed by atoms with Gasteiger partial charge in [-0.25, -0.2) is 3.35 Å². The van der Waals surface area contributed by atoms with Gasteiger partial charge in [0, 0.05) is 28.1 Å². The Morgan fingerprint density at radius 1 is 1.50 bits per heavy atom. The summed E-state index contributed by atoms with van der Waals surface area (Å²) in [5.41, 5.74) is 0. The third-order valence-corrected chi connectivity index (χ3v) is 2.01. The first kappa shape index (κ1) is 2.48. The standard InChI is InChI=1S/CH3NS2/c1-2-3-4-2/h1H3. The molecular weight excluding hydrogens is 90.2 g/mol. The van der Waals surface area contributed by atoms with Gasteiger partial charge in [-0.1, -0.05) is 0 Å². The molecule has 0 radical (unpaired) electrons. The molecule has 0 atom stereocenters. The average molecular weight is 93.2 g/mol. The molecule has 1 heterocycles. The lowest BCUT2D eigenvalue weighted by atomic mass is 11.6. The lowest BCUT2D eigenvalue weighted by Crippen LogP contribution is -1.51. The van der Waals surface area contributed by atoms with E-state index >= 15 is 0 Å². The molecule has 3 heteroatoms. The summed E-state index contributed by atoms with van der Waals surface area (Å²) in [6.45, 7) is 0. The second kappa shape index (κ2) is 0.592. The van der Waals surface area contributed by atoms with Crippen LogP contribution in [0, 0.1) is 0 Å². The van der Waals surface area contributed by atoms with Gasteiger partial charge in [-0.05, 0) is 0 Å². The van der Waals surface area contributed by atoms with E-state index < -0.39 is 0 Å². The molecule has 0 unspecified atom stereocenters. The van der Waals surface area contributed by atoms with Crippen molar-refractivity contribution >= 4 is 21.1 Å². The highest BCUT2D eigenvalue weighted by Gasteiger charge is 1.77. The molecule has 0 aliphatic carbocycles. The minimum absolute atomic E-state index is 1.77. The lowest BCUT2D eigenvalue weighted by molar-refractivity contribution is 1.18. The van der Waals surface area contributed by atoms with Crippen LogP contribution in [0.3, 0.4) is 0 Å². The van der Waals surface area contributed by atoms with Gasteiger partial charge in [0.15, 0.2) is 0 Å². The Hall–Kier alpha value is 0.240. The average Bonchev–Trinajstić information content (AvgIpc) is 1.75. The molecule has 0 saturated heterocycles. The summed E-state index contributed by atoms with van der Waals surface area (Å²) >= 11 is 0. The van der Waals surface area contributed by atoms with Crippen molar-refractivity contribution in [1.29, 1.82) is 0 Å². The summed E-state index contributed by atoms with van der Waals surface area (Å²) in [6.07, 6.45) is 0. The van der Waals surface area contributed by atoms with E-state index in [9.17, 15) is 0 Å². The Labute approximate surface area is 32.2 Å². The summed E-state index contributed by atoms with van der Waals surface area (Å²) in [5.74, 6) is 0.